The minimum absolute atomic E-state index is 0.170. The molecule has 86 valence electrons. The Kier molecular flexibility index (Phi) is 3.64. The van der Waals surface area contributed by atoms with Gasteiger partial charge in [-0.2, -0.15) is 0 Å². The van der Waals surface area contributed by atoms with Crippen LogP contribution in [0.25, 0.3) is 0 Å². The molecular weight excluding hydrogens is 276 g/mol. The van der Waals surface area contributed by atoms with Crippen LogP contribution in [0.4, 0.5) is 0 Å². The van der Waals surface area contributed by atoms with Gasteiger partial charge in [-0.15, -0.1) is 0 Å². The Morgan fingerprint density at radius 3 is 2.56 bits per heavy atom. The lowest BCUT2D eigenvalue weighted by Gasteiger charge is -2.20. The number of halogens is 1. The maximum absolute atomic E-state index is 11.7. The minimum atomic E-state index is -1.32. The molecule has 16 heavy (non-hydrogen) atoms. The van der Waals surface area contributed by atoms with Crippen molar-refractivity contribution in [1.29, 1.82) is 0 Å². The van der Waals surface area contributed by atoms with E-state index in [1.165, 1.54) is 19.9 Å². The number of carbonyl (C=O) groups excluding carboxylic acids is 1. The van der Waals surface area contributed by atoms with Crippen LogP contribution in [0.2, 0.25) is 0 Å². The highest BCUT2D eigenvalue weighted by Crippen LogP contribution is 2.08. The molecule has 5 nitrogen and oxygen atoms in total. The van der Waals surface area contributed by atoms with Crippen molar-refractivity contribution in [2.45, 2.75) is 19.4 Å². The van der Waals surface area contributed by atoms with Gasteiger partial charge < -0.3 is 10.4 Å². The third kappa shape index (κ3) is 3.03. The molecule has 1 aromatic rings. The third-order valence-corrected chi connectivity index (χ3v) is 2.35. The van der Waals surface area contributed by atoms with Crippen molar-refractivity contribution in [3.8, 4) is 0 Å². The van der Waals surface area contributed by atoms with E-state index in [-0.39, 0.29) is 5.69 Å². The Morgan fingerprint density at radius 1 is 1.44 bits per heavy atom. The van der Waals surface area contributed by atoms with Crippen LogP contribution >= 0.6 is 15.9 Å². The Balaban J connectivity index is 2.85. The van der Waals surface area contributed by atoms with Gasteiger partial charge in [0.25, 0.3) is 5.91 Å². The molecule has 0 radical (unpaired) electrons. The summed E-state index contributed by atoms with van der Waals surface area (Å²) in [5.41, 5.74) is -1.15. The quantitative estimate of drug-likeness (QED) is 0.824. The van der Waals surface area contributed by atoms with E-state index in [1.54, 1.807) is 12.1 Å². The van der Waals surface area contributed by atoms with Crippen molar-refractivity contribution in [2.75, 3.05) is 0 Å². The molecule has 6 heteroatoms. The summed E-state index contributed by atoms with van der Waals surface area (Å²) in [5.74, 6) is -1.62. The fourth-order valence-corrected chi connectivity index (χ4v) is 1.28. The van der Waals surface area contributed by atoms with Crippen LogP contribution in [0.3, 0.4) is 0 Å². The van der Waals surface area contributed by atoms with Gasteiger partial charge in [0.2, 0.25) is 0 Å². The lowest BCUT2D eigenvalue weighted by atomic mass is 10.1. The summed E-state index contributed by atoms with van der Waals surface area (Å²) in [7, 11) is 0. The number of nitrogens with zero attached hydrogens (tertiary/aromatic N) is 1. The molecule has 1 heterocycles. The van der Waals surface area contributed by atoms with Gasteiger partial charge in [0.1, 0.15) is 15.8 Å². The van der Waals surface area contributed by atoms with Crippen molar-refractivity contribution in [3.63, 3.8) is 0 Å². The molecule has 0 aromatic carbocycles. The summed E-state index contributed by atoms with van der Waals surface area (Å²) < 4.78 is 0.522. The van der Waals surface area contributed by atoms with E-state index in [0.29, 0.717) is 4.60 Å². The van der Waals surface area contributed by atoms with Crippen LogP contribution in [-0.4, -0.2) is 27.5 Å². The van der Waals surface area contributed by atoms with E-state index in [2.05, 4.69) is 26.2 Å². The molecule has 1 amide bonds. The predicted octanol–water partition coefficient (Wildman–Crippen LogP) is 1.44. The van der Waals surface area contributed by atoms with Gasteiger partial charge in [0, 0.05) is 0 Å². The zero-order valence-electron chi connectivity index (χ0n) is 8.82. The van der Waals surface area contributed by atoms with Crippen molar-refractivity contribution in [1.82, 2.24) is 10.3 Å². The van der Waals surface area contributed by atoms with Gasteiger partial charge >= 0.3 is 5.97 Å². The fraction of sp³-hybridized carbons (Fsp3) is 0.300. The van der Waals surface area contributed by atoms with Gasteiger partial charge in [0.15, 0.2) is 0 Å². The van der Waals surface area contributed by atoms with E-state index >= 15 is 0 Å². The topological polar surface area (TPSA) is 79.3 Å². The van der Waals surface area contributed by atoms with Crippen molar-refractivity contribution in [2.24, 2.45) is 0 Å². The van der Waals surface area contributed by atoms with E-state index in [1.807, 2.05) is 0 Å². The number of pyridine rings is 1. The van der Waals surface area contributed by atoms with E-state index in [4.69, 9.17) is 5.11 Å². The number of amides is 1. The largest absolute Gasteiger partial charge is 0.480 e. The minimum Gasteiger partial charge on any atom is -0.480 e. The lowest BCUT2D eigenvalue weighted by Crippen LogP contribution is -2.49. The summed E-state index contributed by atoms with van der Waals surface area (Å²) in [6.45, 7) is 2.82. The highest BCUT2D eigenvalue weighted by atomic mass is 79.9. The highest BCUT2D eigenvalue weighted by Gasteiger charge is 2.29. The SMILES string of the molecule is CC(C)(NC(=O)c1cccc(Br)n1)C(=O)O. The normalized spacial score (nSPS) is 10.9. The second-order valence-electron chi connectivity index (χ2n) is 3.73. The number of aliphatic carboxylic acids is 1. The molecule has 0 aliphatic rings. The van der Waals surface area contributed by atoms with E-state index in [0.717, 1.165) is 0 Å². The van der Waals surface area contributed by atoms with Crippen LogP contribution in [0, 0.1) is 0 Å². The zero-order chi connectivity index (χ0) is 12.3. The molecule has 0 unspecified atom stereocenters. The first kappa shape index (κ1) is 12.6. The number of carbonyl (C=O) groups is 2. The molecule has 0 aliphatic carbocycles. The number of carboxylic acid groups (broad SMARTS) is 1. The predicted molar refractivity (Wildman–Crippen MR) is 61.1 cm³/mol. The summed E-state index contributed by atoms with van der Waals surface area (Å²) in [6, 6.07) is 4.84. The molecule has 0 saturated heterocycles. The summed E-state index contributed by atoms with van der Waals surface area (Å²) in [5, 5.41) is 11.2. The standard InChI is InChI=1S/C10H11BrN2O3/c1-10(2,9(15)16)13-8(14)6-4-3-5-7(11)12-6/h3-5H,1-2H3,(H,13,14)(H,15,16). The van der Waals surface area contributed by atoms with Crippen molar-refractivity contribution in [3.05, 3.63) is 28.5 Å². The fourth-order valence-electron chi connectivity index (χ4n) is 0.936. The number of hydrogen-bond acceptors (Lipinski definition) is 3. The Bertz CT molecular complexity index is 432. The molecule has 2 N–H and O–H groups in total. The molecule has 0 fully saturated rings. The van der Waals surface area contributed by atoms with Gasteiger partial charge in [-0.25, -0.2) is 9.78 Å². The van der Waals surface area contributed by atoms with E-state index in [9.17, 15) is 9.59 Å². The second kappa shape index (κ2) is 4.61. The van der Waals surface area contributed by atoms with Crippen LogP contribution in [0.1, 0.15) is 24.3 Å². The molecule has 1 rings (SSSR count). The average molecular weight is 287 g/mol. The lowest BCUT2D eigenvalue weighted by molar-refractivity contribution is -0.143. The number of nitrogens with one attached hydrogen (secondary N) is 1. The Morgan fingerprint density at radius 2 is 2.06 bits per heavy atom. The molecule has 0 aliphatic heterocycles. The first-order valence-corrected chi connectivity index (χ1v) is 5.31. The Hall–Kier alpha value is -1.43. The molecule has 0 spiro atoms. The zero-order valence-corrected chi connectivity index (χ0v) is 10.4. The van der Waals surface area contributed by atoms with Crippen molar-refractivity contribution >= 4 is 27.8 Å². The molecule has 0 atom stereocenters. The second-order valence-corrected chi connectivity index (χ2v) is 4.54. The van der Waals surface area contributed by atoms with Crippen LogP contribution in [-0.2, 0) is 4.79 Å². The number of aromatic nitrogens is 1. The van der Waals surface area contributed by atoms with Gasteiger partial charge in [0.05, 0.1) is 0 Å². The molecule has 0 saturated carbocycles. The highest BCUT2D eigenvalue weighted by molar-refractivity contribution is 9.10. The number of rotatable bonds is 3. The monoisotopic (exact) mass is 286 g/mol. The van der Waals surface area contributed by atoms with Crippen LogP contribution in [0.5, 0.6) is 0 Å². The molecule has 1 aromatic heterocycles. The summed E-state index contributed by atoms with van der Waals surface area (Å²) in [4.78, 5) is 26.4. The van der Waals surface area contributed by atoms with Gasteiger partial charge in [-0.1, -0.05) is 6.07 Å². The smallest absolute Gasteiger partial charge is 0.328 e. The van der Waals surface area contributed by atoms with Crippen LogP contribution < -0.4 is 5.32 Å². The third-order valence-electron chi connectivity index (χ3n) is 1.91. The average Bonchev–Trinajstić information content (AvgIpc) is 2.16. The maximum Gasteiger partial charge on any atom is 0.328 e. The van der Waals surface area contributed by atoms with Gasteiger partial charge in [-0.3, -0.25) is 4.79 Å². The first-order chi connectivity index (χ1) is 7.33. The number of hydrogen-bond donors (Lipinski definition) is 2. The van der Waals surface area contributed by atoms with Crippen LogP contribution in [0.15, 0.2) is 22.8 Å². The first-order valence-electron chi connectivity index (χ1n) is 4.51. The number of carboxylic acids is 1. The van der Waals surface area contributed by atoms with Gasteiger partial charge in [-0.05, 0) is 41.9 Å². The molecular formula is C10H11BrN2O3. The van der Waals surface area contributed by atoms with E-state index < -0.39 is 17.4 Å². The van der Waals surface area contributed by atoms with Crippen molar-refractivity contribution < 1.29 is 14.7 Å². The molecule has 0 bridgehead atoms. The Labute approximate surface area is 101 Å². The summed E-state index contributed by atoms with van der Waals surface area (Å²) >= 11 is 3.13. The summed E-state index contributed by atoms with van der Waals surface area (Å²) in [6.07, 6.45) is 0. The maximum atomic E-state index is 11.7.